The van der Waals surface area contributed by atoms with Gasteiger partial charge in [0.1, 0.15) is 0 Å². The lowest BCUT2D eigenvalue weighted by Gasteiger charge is -2.28. The fourth-order valence-corrected chi connectivity index (χ4v) is 3.99. The fourth-order valence-electron chi connectivity index (χ4n) is 3.83. The Morgan fingerprint density at radius 3 is 2.47 bits per heavy atom. The van der Waals surface area contributed by atoms with Crippen molar-refractivity contribution in [2.75, 3.05) is 39.0 Å². The van der Waals surface area contributed by atoms with Gasteiger partial charge in [-0.2, -0.15) is 0 Å². The molecular weight excluding hydrogens is 479 g/mol. The fraction of sp³-hybridized carbons (Fsp3) is 0.417. The third-order valence-corrected chi connectivity index (χ3v) is 5.96. The number of nitrogens with one attached hydrogen (secondary N) is 2. The molecule has 4 amide bonds. The molecule has 0 saturated carbocycles. The van der Waals surface area contributed by atoms with Gasteiger partial charge in [-0.1, -0.05) is 41.8 Å². The molecule has 2 aromatic rings. The molecule has 1 heterocycles. The number of carbonyl (C=O) groups excluding carboxylic acids is 4. The van der Waals surface area contributed by atoms with Gasteiger partial charge in [0.25, 0.3) is 17.7 Å². The molecule has 0 aromatic heterocycles. The molecule has 3 rings (SSSR count). The summed E-state index contributed by atoms with van der Waals surface area (Å²) >= 11 is 10.9. The highest BCUT2D eigenvalue weighted by molar-refractivity contribution is 6.53. The van der Waals surface area contributed by atoms with Crippen LogP contribution in [0.2, 0.25) is 0 Å². The minimum absolute atomic E-state index is 0.169. The quantitative estimate of drug-likeness (QED) is 0.276. The van der Waals surface area contributed by atoms with Gasteiger partial charge in [0, 0.05) is 42.7 Å². The first-order valence-corrected chi connectivity index (χ1v) is 12.0. The number of anilines is 1. The average Bonchev–Trinajstić information content (AvgIpc) is 2.78. The zero-order valence-electron chi connectivity index (χ0n) is 19.2. The molecular formula is C24H28Cl2N4O4. The van der Waals surface area contributed by atoms with Crippen molar-refractivity contribution in [3.8, 4) is 0 Å². The number of unbranched alkanes of at least 4 members (excludes halogenated alkanes) is 2. The largest absolute Gasteiger partial charge is 0.354 e. The van der Waals surface area contributed by atoms with E-state index >= 15 is 0 Å². The minimum Gasteiger partial charge on any atom is -0.354 e. The van der Waals surface area contributed by atoms with Gasteiger partial charge in [0.05, 0.1) is 5.56 Å². The van der Waals surface area contributed by atoms with Crippen LogP contribution in [0.25, 0.3) is 10.8 Å². The Balaban J connectivity index is 1.65. The Hall–Kier alpha value is -2.68. The molecule has 0 spiro atoms. The molecule has 182 valence electrons. The summed E-state index contributed by atoms with van der Waals surface area (Å²) in [7, 11) is 3.76. The molecule has 8 nitrogen and oxygen atoms in total. The standard InChI is InChI=1S/C24H28Cl2N4O4/c1-29(2)11-12-30-23(33)17-8-6-7-15-13-16(14-18(20(15)17)24(30)34)28-19(31)9-4-3-5-10-27-22(32)21(25)26/h6-8,13-14,21H,3-5,9-12H2,1-2H3,(H,27,32)(H,28,31). The first-order chi connectivity index (χ1) is 16.2. The van der Waals surface area contributed by atoms with Crippen LogP contribution >= 0.6 is 23.2 Å². The lowest BCUT2D eigenvalue weighted by molar-refractivity contribution is -0.119. The predicted octanol–water partition coefficient (Wildman–Crippen LogP) is 3.42. The molecule has 1 aliphatic heterocycles. The highest BCUT2D eigenvalue weighted by Gasteiger charge is 2.33. The first kappa shape index (κ1) is 25.9. The van der Waals surface area contributed by atoms with Gasteiger partial charge >= 0.3 is 0 Å². The van der Waals surface area contributed by atoms with E-state index in [1.165, 1.54) is 4.90 Å². The predicted molar refractivity (Wildman–Crippen MR) is 133 cm³/mol. The second-order valence-corrected chi connectivity index (χ2v) is 9.54. The topological polar surface area (TPSA) is 98.8 Å². The van der Waals surface area contributed by atoms with Crippen LogP contribution in [0.4, 0.5) is 5.69 Å². The summed E-state index contributed by atoms with van der Waals surface area (Å²) < 4.78 is 0. The number of benzene rings is 2. The van der Waals surface area contributed by atoms with E-state index in [0.717, 1.165) is 11.8 Å². The van der Waals surface area contributed by atoms with Crippen LogP contribution in [0.3, 0.4) is 0 Å². The number of amides is 4. The molecule has 2 aromatic carbocycles. The van der Waals surface area contributed by atoms with Crippen molar-refractivity contribution in [2.45, 2.75) is 30.5 Å². The Kier molecular flexibility index (Phi) is 8.88. The number of nitrogens with zero attached hydrogens (tertiary/aromatic N) is 2. The van der Waals surface area contributed by atoms with E-state index < -0.39 is 10.7 Å². The normalized spacial score (nSPS) is 13.2. The Labute approximate surface area is 208 Å². The van der Waals surface area contributed by atoms with Crippen molar-refractivity contribution in [1.82, 2.24) is 15.1 Å². The number of halogens is 2. The van der Waals surface area contributed by atoms with Gasteiger partial charge in [-0.15, -0.1) is 0 Å². The molecule has 0 aliphatic carbocycles. The molecule has 0 fully saturated rings. The molecule has 1 aliphatic rings. The summed E-state index contributed by atoms with van der Waals surface area (Å²) in [6.45, 7) is 1.28. The van der Waals surface area contributed by atoms with Crippen LogP contribution in [0, 0.1) is 0 Å². The van der Waals surface area contributed by atoms with Crippen molar-refractivity contribution in [2.24, 2.45) is 0 Å². The van der Waals surface area contributed by atoms with Gasteiger partial charge in [0.2, 0.25) is 5.91 Å². The van der Waals surface area contributed by atoms with E-state index in [-0.39, 0.29) is 24.3 Å². The number of rotatable bonds is 11. The van der Waals surface area contributed by atoms with E-state index in [2.05, 4.69) is 10.6 Å². The molecule has 0 saturated heterocycles. The summed E-state index contributed by atoms with van der Waals surface area (Å²) in [5.41, 5.74) is 1.42. The van der Waals surface area contributed by atoms with Crippen LogP contribution in [-0.4, -0.2) is 72.0 Å². The van der Waals surface area contributed by atoms with Crippen LogP contribution in [0.5, 0.6) is 0 Å². The summed E-state index contributed by atoms with van der Waals surface area (Å²) in [5, 5.41) is 6.82. The van der Waals surface area contributed by atoms with Crippen molar-refractivity contribution in [3.63, 3.8) is 0 Å². The molecule has 2 N–H and O–H groups in total. The zero-order chi connectivity index (χ0) is 24.8. The lowest BCUT2D eigenvalue weighted by Crippen LogP contribution is -2.43. The van der Waals surface area contributed by atoms with Gasteiger partial charge in [-0.05, 0) is 50.5 Å². The SMILES string of the molecule is CN(C)CCN1C(=O)c2cccc3cc(NC(=O)CCCCCNC(=O)C(Cl)Cl)cc(c23)C1=O. The number of imide groups is 1. The number of likely N-dealkylation sites (N-methyl/N-ethyl adjacent to an activating group) is 1. The summed E-state index contributed by atoms with van der Waals surface area (Å²) in [6, 6.07) is 8.76. The van der Waals surface area contributed by atoms with Gasteiger partial charge in [-0.3, -0.25) is 24.1 Å². The van der Waals surface area contributed by atoms with E-state index in [1.54, 1.807) is 24.3 Å². The lowest BCUT2D eigenvalue weighted by atomic mass is 9.93. The maximum atomic E-state index is 13.2. The first-order valence-electron chi connectivity index (χ1n) is 11.1. The van der Waals surface area contributed by atoms with Gasteiger partial charge < -0.3 is 15.5 Å². The second-order valence-electron chi connectivity index (χ2n) is 8.44. The number of carbonyl (C=O) groups is 4. The number of hydrogen-bond donors (Lipinski definition) is 2. The van der Waals surface area contributed by atoms with E-state index in [1.807, 2.05) is 25.1 Å². The van der Waals surface area contributed by atoms with E-state index in [0.29, 0.717) is 54.6 Å². The zero-order valence-corrected chi connectivity index (χ0v) is 20.7. The third kappa shape index (κ3) is 6.25. The smallest absolute Gasteiger partial charge is 0.261 e. The number of hydrogen-bond acceptors (Lipinski definition) is 5. The van der Waals surface area contributed by atoms with Crippen molar-refractivity contribution in [3.05, 3.63) is 41.5 Å². The summed E-state index contributed by atoms with van der Waals surface area (Å²) in [4.78, 5) is 51.9. The maximum Gasteiger partial charge on any atom is 0.261 e. The van der Waals surface area contributed by atoms with Gasteiger partial charge in [-0.25, -0.2) is 0 Å². The van der Waals surface area contributed by atoms with Crippen molar-refractivity contribution in [1.29, 1.82) is 0 Å². The third-order valence-electron chi connectivity index (χ3n) is 5.56. The Morgan fingerprint density at radius 1 is 1.03 bits per heavy atom. The monoisotopic (exact) mass is 506 g/mol. The molecule has 0 bridgehead atoms. The van der Waals surface area contributed by atoms with Crippen LogP contribution in [0.15, 0.2) is 30.3 Å². The number of alkyl halides is 2. The average molecular weight is 507 g/mol. The minimum atomic E-state index is -1.08. The van der Waals surface area contributed by atoms with Crippen LogP contribution in [0.1, 0.15) is 46.4 Å². The molecule has 0 radical (unpaired) electrons. The highest BCUT2D eigenvalue weighted by atomic mass is 35.5. The Bertz CT molecular complexity index is 1100. The van der Waals surface area contributed by atoms with Crippen LogP contribution in [-0.2, 0) is 9.59 Å². The Morgan fingerprint density at radius 2 is 1.76 bits per heavy atom. The summed E-state index contributed by atoms with van der Waals surface area (Å²) in [5.74, 6) is -1.26. The van der Waals surface area contributed by atoms with Crippen LogP contribution < -0.4 is 10.6 Å². The molecule has 0 unspecified atom stereocenters. The molecule has 0 atom stereocenters. The van der Waals surface area contributed by atoms with Crippen molar-refractivity contribution < 1.29 is 19.2 Å². The van der Waals surface area contributed by atoms with Gasteiger partial charge in [0.15, 0.2) is 4.84 Å². The van der Waals surface area contributed by atoms with Crippen molar-refractivity contribution >= 4 is 63.3 Å². The molecule has 34 heavy (non-hydrogen) atoms. The second kappa shape index (κ2) is 11.6. The highest BCUT2D eigenvalue weighted by Crippen LogP contribution is 2.32. The van der Waals surface area contributed by atoms with E-state index in [4.69, 9.17) is 23.2 Å². The summed E-state index contributed by atoms with van der Waals surface area (Å²) in [6.07, 6.45) is 2.39. The maximum absolute atomic E-state index is 13.2. The molecule has 10 heteroatoms. The van der Waals surface area contributed by atoms with E-state index in [9.17, 15) is 19.2 Å².